The van der Waals surface area contributed by atoms with Gasteiger partial charge in [0.25, 0.3) is 0 Å². The van der Waals surface area contributed by atoms with Crippen molar-refractivity contribution in [3.8, 4) is 0 Å². The second-order valence-corrected chi connectivity index (χ2v) is 3.11. The summed E-state index contributed by atoms with van der Waals surface area (Å²) in [6.45, 7) is 0.743. The Balaban J connectivity index is 3.70. The lowest BCUT2D eigenvalue weighted by molar-refractivity contribution is -0.174. The molecule has 0 aliphatic heterocycles. The maximum atomic E-state index is 12.3. The molecule has 0 heterocycles. The van der Waals surface area contributed by atoms with Gasteiger partial charge in [-0.05, 0) is 26.3 Å². The van der Waals surface area contributed by atoms with Crippen LogP contribution in [0.4, 0.5) is 17.6 Å². The first-order valence-corrected chi connectivity index (χ1v) is 4.37. The van der Waals surface area contributed by atoms with Gasteiger partial charge in [0.2, 0.25) is 0 Å². The van der Waals surface area contributed by atoms with Crippen LogP contribution in [-0.2, 0) is 4.74 Å². The number of nitrogens with two attached hydrogens (primary N) is 1. The standard InChI is InChI=1S/C8H15F4NO/c1-6(3-2-4-13)14-5-8(11,12)7(9)10/h6-7H,2-5,13H2,1H3. The summed E-state index contributed by atoms with van der Waals surface area (Å²) in [5, 5.41) is 0. The molecule has 0 aromatic carbocycles. The van der Waals surface area contributed by atoms with Gasteiger partial charge in [0.15, 0.2) is 0 Å². The van der Waals surface area contributed by atoms with Crippen molar-refractivity contribution in [3.05, 3.63) is 0 Å². The highest BCUT2D eigenvalue weighted by Gasteiger charge is 2.41. The summed E-state index contributed by atoms with van der Waals surface area (Å²) in [5.74, 6) is -4.06. The Morgan fingerprint density at radius 1 is 1.36 bits per heavy atom. The largest absolute Gasteiger partial charge is 0.372 e. The molecule has 0 saturated heterocycles. The van der Waals surface area contributed by atoms with E-state index in [2.05, 4.69) is 4.74 Å². The first kappa shape index (κ1) is 13.6. The Morgan fingerprint density at radius 3 is 2.36 bits per heavy atom. The molecule has 86 valence electrons. The van der Waals surface area contributed by atoms with Gasteiger partial charge in [0.1, 0.15) is 6.61 Å². The zero-order chi connectivity index (χ0) is 11.2. The number of halogens is 4. The zero-order valence-corrected chi connectivity index (χ0v) is 7.98. The highest BCUT2D eigenvalue weighted by Crippen LogP contribution is 2.23. The SMILES string of the molecule is CC(CCCN)OCC(F)(F)C(F)F. The maximum absolute atomic E-state index is 12.3. The van der Waals surface area contributed by atoms with E-state index in [-0.39, 0.29) is 0 Å². The van der Waals surface area contributed by atoms with E-state index in [4.69, 9.17) is 5.73 Å². The molecule has 0 saturated carbocycles. The van der Waals surface area contributed by atoms with Crippen LogP contribution in [0.2, 0.25) is 0 Å². The highest BCUT2D eigenvalue weighted by molar-refractivity contribution is 4.68. The third-order valence-corrected chi connectivity index (χ3v) is 1.69. The lowest BCUT2D eigenvalue weighted by Crippen LogP contribution is -2.34. The van der Waals surface area contributed by atoms with Gasteiger partial charge in [-0.2, -0.15) is 8.78 Å². The van der Waals surface area contributed by atoms with Gasteiger partial charge in [0, 0.05) is 0 Å². The molecule has 0 aliphatic rings. The van der Waals surface area contributed by atoms with Crippen molar-refractivity contribution in [2.75, 3.05) is 13.2 Å². The molecule has 14 heavy (non-hydrogen) atoms. The topological polar surface area (TPSA) is 35.2 Å². The molecular weight excluding hydrogens is 202 g/mol. The van der Waals surface area contributed by atoms with Crippen molar-refractivity contribution in [3.63, 3.8) is 0 Å². The van der Waals surface area contributed by atoms with Gasteiger partial charge in [-0.3, -0.25) is 0 Å². The van der Waals surface area contributed by atoms with E-state index in [0.717, 1.165) is 0 Å². The molecule has 2 nitrogen and oxygen atoms in total. The molecular formula is C8H15F4NO. The minimum atomic E-state index is -4.06. The fourth-order valence-corrected chi connectivity index (χ4v) is 0.805. The van der Waals surface area contributed by atoms with Crippen molar-refractivity contribution < 1.29 is 22.3 Å². The summed E-state index contributed by atoms with van der Waals surface area (Å²) in [5.41, 5.74) is 5.18. The molecule has 0 rings (SSSR count). The second-order valence-electron chi connectivity index (χ2n) is 3.11. The second kappa shape index (κ2) is 6.19. The highest BCUT2D eigenvalue weighted by atomic mass is 19.3. The predicted octanol–water partition coefficient (Wildman–Crippen LogP) is 2.03. The fourth-order valence-electron chi connectivity index (χ4n) is 0.805. The molecule has 0 amide bonds. The van der Waals surface area contributed by atoms with Crippen LogP contribution in [0, 0.1) is 0 Å². The number of ether oxygens (including phenoxy) is 1. The minimum Gasteiger partial charge on any atom is -0.372 e. The van der Waals surface area contributed by atoms with Crippen LogP contribution in [0.5, 0.6) is 0 Å². The van der Waals surface area contributed by atoms with Crippen molar-refractivity contribution in [2.24, 2.45) is 5.73 Å². The average molecular weight is 217 g/mol. The number of hydrogen-bond acceptors (Lipinski definition) is 2. The van der Waals surface area contributed by atoms with E-state index in [1.165, 1.54) is 0 Å². The molecule has 0 aromatic heterocycles. The van der Waals surface area contributed by atoms with Crippen LogP contribution in [-0.4, -0.2) is 31.6 Å². The maximum Gasteiger partial charge on any atom is 0.330 e. The molecule has 0 aromatic rings. The van der Waals surface area contributed by atoms with E-state index in [0.29, 0.717) is 19.4 Å². The van der Waals surface area contributed by atoms with Gasteiger partial charge in [0.05, 0.1) is 6.10 Å². The van der Waals surface area contributed by atoms with E-state index in [1.807, 2.05) is 0 Å². The van der Waals surface area contributed by atoms with Crippen molar-refractivity contribution in [1.29, 1.82) is 0 Å². The Hall–Kier alpha value is -0.360. The smallest absolute Gasteiger partial charge is 0.330 e. The zero-order valence-electron chi connectivity index (χ0n) is 7.98. The molecule has 1 unspecified atom stereocenters. The molecule has 0 fully saturated rings. The number of hydrogen-bond donors (Lipinski definition) is 1. The summed E-state index contributed by atoms with van der Waals surface area (Å²) < 4.78 is 52.6. The van der Waals surface area contributed by atoms with Crippen molar-refractivity contribution >= 4 is 0 Å². The van der Waals surface area contributed by atoms with Gasteiger partial charge >= 0.3 is 12.3 Å². The monoisotopic (exact) mass is 217 g/mol. The van der Waals surface area contributed by atoms with Crippen LogP contribution in [0.15, 0.2) is 0 Å². The predicted molar refractivity (Wildman–Crippen MR) is 44.7 cm³/mol. The van der Waals surface area contributed by atoms with E-state index in [9.17, 15) is 17.6 Å². The third-order valence-electron chi connectivity index (χ3n) is 1.69. The van der Waals surface area contributed by atoms with Crippen molar-refractivity contribution in [2.45, 2.75) is 38.2 Å². The molecule has 0 bridgehead atoms. The molecule has 1 atom stereocenters. The number of alkyl halides is 4. The van der Waals surface area contributed by atoms with Crippen LogP contribution < -0.4 is 5.73 Å². The first-order valence-electron chi connectivity index (χ1n) is 4.37. The normalized spacial score (nSPS) is 14.8. The fraction of sp³-hybridized carbons (Fsp3) is 1.00. The quantitative estimate of drug-likeness (QED) is 0.662. The lowest BCUT2D eigenvalue weighted by atomic mass is 10.2. The minimum absolute atomic E-state index is 0.430. The Kier molecular flexibility index (Phi) is 6.03. The summed E-state index contributed by atoms with van der Waals surface area (Å²) in [6, 6.07) is 0. The molecule has 0 spiro atoms. The Labute approximate surface area is 80.4 Å². The van der Waals surface area contributed by atoms with Crippen LogP contribution in [0.3, 0.4) is 0 Å². The van der Waals surface area contributed by atoms with Gasteiger partial charge in [-0.25, -0.2) is 8.78 Å². The first-order chi connectivity index (χ1) is 6.40. The molecule has 2 N–H and O–H groups in total. The molecule has 0 radical (unpaired) electrons. The van der Waals surface area contributed by atoms with Gasteiger partial charge in [-0.1, -0.05) is 0 Å². The lowest BCUT2D eigenvalue weighted by Gasteiger charge is -2.18. The molecule has 0 aliphatic carbocycles. The summed E-state index contributed by atoms with van der Waals surface area (Å²) >= 11 is 0. The van der Waals surface area contributed by atoms with E-state index < -0.39 is 25.1 Å². The Morgan fingerprint density at radius 2 is 1.93 bits per heavy atom. The van der Waals surface area contributed by atoms with Gasteiger partial charge in [-0.15, -0.1) is 0 Å². The van der Waals surface area contributed by atoms with Crippen LogP contribution in [0.1, 0.15) is 19.8 Å². The van der Waals surface area contributed by atoms with Crippen molar-refractivity contribution in [1.82, 2.24) is 0 Å². The molecule has 6 heteroatoms. The third kappa shape index (κ3) is 5.39. The van der Waals surface area contributed by atoms with Gasteiger partial charge < -0.3 is 10.5 Å². The van der Waals surface area contributed by atoms with Crippen LogP contribution >= 0.6 is 0 Å². The van der Waals surface area contributed by atoms with Crippen LogP contribution in [0.25, 0.3) is 0 Å². The van der Waals surface area contributed by atoms with E-state index in [1.54, 1.807) is 6.92 Å². The summed E-state index contributed by atoms with van der Waals surface area (Å²) in [7, 11) is 0. The number of rotatable bonds is 7. The Bertz CT molecular complexity index is 154. The average Bonchev–Trinajstić information content (AvgIpc) is 2.11. The summed E-state index contributed by atoms with van der Waals surface area (Å²) in [6.07, 6.45) is -3.02. The summed E-state index contributed by atoms with van der Waals surface area (Å²) in [4.78, 5) is 0. The van der Waals surface area contributed by atoms with E-state index >= 15 is 0 Å².